The molecule has 2 aromatic rings. The Hall–Kier alpha value is -1.42. The van der Waals surface area contributed by atoms with Crippen LogP contribution in [0, 0.1) is 5.92 Å². The van der Waals surface area contributed by atoms with E-state index < -0.39 is 9.84 Å². The number of fused-ring (bicyclic) bond motifs is 2. The molecule has 1 aromatic heterocycles. The van der Waals surface area contributed by atoms with E-state index in [0.29, 0.717) is 16.7 Å². The van der Waals surface area contributed by atoms with Crippen molar-refractivity contribution in [1.29, 1.82) is 0 Å². The number of benzene rings is 1. The summed E-state index contributed by atoms with van der Waals surface area (Å²) in [6.07, 6.45) is 8.54. The van der Waals surface area contributed by atoms with Crippen molar-refractivity contribution in [2.45, 2.75) is 49.8 Å². The number of rotatable bonds is 2. The first-order valence-electron chi connectivity index (χ1n) is 8.08. The lowest BCUT2D eigenvalue weighted by Crippen LogP contribution is -2.16. The summed E-state index contributed by atoms with van der Waals surface area (Å²) >= 11 is 0. The maximum atomic E-state index is 12.5. The summed E-state index contributed by atoms with van der Waals surface area (Å²) in [5, 5.41) is 1.85. The number of hydrogen-bond donors (Lipinski definition) is 0. The Kier molecular flexibility index (Phi) is 3.09. The van der Waals surface area contributed by atoms with E-state index in [-0.39, 0.29) is 0 Å². The van der Waals surface area contributed by atoms with Crippen LogP contribution >= 0.6 is 0 Å². The lowest BCUT2D eigenvalue weighted by atomic mass is 9.83. The topological polar surface area (TPSA) is 47.0 Å². The van der Waals surface area contributed by atoms with Crippen molar-refractivity contribution in [3.05, 3.63) is 35.2 Å². The number of sulfone groups is 1. The van der Waals surface area contributed by atoms with Crippen LogP contribution in [0.4, 0.5) is 0 Å². The molecule has 0 amide bonds. The van der Waals surface area contributed by atoms with Gasteiger partial charge in [0.15, 0.2) is 9.84 Å². The Bertz CT molecular complexity index is 866. The number of hydrogen-bond acceptors (Lipinski definition) is 3. The van der Waals surface area contributed by atoms with Gasteiger partial charge in [0.05, 0.1) is 4.90 Å². The predicted molar refractivity (Wildman–Crippen MR) is 88.0 cm³/mol. The lowest BCUT2D eigenvalue weighted by molar-refractivity contribution is 0.495. The van der Waals surface area contributed by atoms with E-state index in [9.17, 15) is 8.42 Å². The third kappa shape index (κ3) is 2.34. The summed E-state index contributed by atoms with van der Waals surface area (Å²) in [6.45, 7) is 2.21. The highest BCUT2D eigenvalue weighted by atomic mass is 32.2. The van der Waals surface area contributed by atoms with Crippen molar-refractivity contribution < 1.29 is 8.42 Å². The zero-order chi connectivity index (χ0) is 15.5. The minimum atomic E-state index is -3.24. The molecule has 4 heteroatoms. The van der Waals surface area contributed by atoms with E-state index in [0.717, 1.165) is 41.3 Å². The monoisotopic (exact) mass is 315 g/mol. The maximum absolute atomic E-state index is 12.5. The van der Waals surface area contributed by atoms with Gasteiger partial charge in [-0.2, -0.15) is 0 Å². The molecule has 4 rings (SSSR count). The van der Waals surface area contributed by atoms with Crippen molar-refractivity contribution in [3.8, 4) is 0 Å². The highest BCUT2D eigenvalue weighted by Gasteiger charge is 2.28. The van der Waals surface area contributed by atoms with E-state index in [1.165, 1.54) is 24.7 Å². The predicted octanol–water partition coefficient (Wildman–Crippen LogP) is 3.64. The van der Waals surface area contributed by atoms with E-state index in [2.05, 4.69) is 18.0 Å². The van der Waals surface area contributed by atoms with Gasteiger partial charge >= 0.3 is 0 Å². The van der Waals surface area contributed by atoms with Gasteiger partial charge in [-0.25, -0.2) is 8.42 Å². The Morgan fingerprint density at radius 3 is 2.64 bits per heavy atom. The Labute approximate surface area is 131 Å². The Balaban J connectivity index is 2.05. The molecule has 22 heavy (non-hydrogen) atoms. The molecular weight excluding hydrogens is 294 g/mol. The number of nitrogens with zero attached hydrogens (tertiary/aromatic N) is 1. The molecule has 0 saturated heterocycles. The quantitative estimate of drug-likeness (QED) is 0.850. The first-order valence-corrected chi connectivity index (χ1v) is 9.97. The molecule has 1 unspecified atom stereocenters. The van der Waals surface area contributed by atoms with Crippen molar-refractivity contribution in [3.63, 3.8) is 0 Å². The first-order chi connectivity index (χ1) is 10.4. The van der Waals surface area contributed by atoms with Crippen LogP contribution in [-0.2, 0) is 22.7 Å². The van der Waals surface area contributed by atoms with Crippen molar-refractivity contribution in [2.24, 2.45) is 5.92 Å². The number of aromatic nitrogens is 1. The van der Waals surface area contributed by atoms with Crippen LogP contribution < -0.4 is 0 Å². The summed E-state index contributed by atoms with van der Waals surface area (Å²) in [4.78, 5) is 5.13. The molecule has 116 valence electrons. The lowest BCUT2D eigenvalue weighted by Gasteiger charge is -2.25. The fraction of sp³-hybridized carbons (Fsp3) is 0.500. The van der Waals surface area contributed by atoms with Gasteiger partial charge in [-0.1, -0.05) is 6.92 Å². The molecule has 0 radical (unpaired) electrons. The third-order valence-corrected chi connectivity index (χ3v) is 6.23. The van der Waals surface area contributed by atoms with Crippen LogP contribution in [0.2, 0.25) is 0 Å². The molecule has 0 aliphatic heterocycles. The van der Waals surface area contributed by atoms with E-state index in [1.54, 1.807) is 0 Å². The van der Waals surface area contributed by atoms with Crippen molar-refractivity contribution in [1.82, 2.24) is 4.98 Å². The molecule has 1 heterocycles. The van der Waals surface area contributed by atoms with Crippen LogP contribution in [0.5, 0.6) is 0 Å². The molecule has 2 aliphatic rings. The van der Waals surface area contributed by atoms with Gasteiger partial charge in [-0.05, 0) is 61.3 Å². The minimum Gasteiger partial charge on any atom is -0.260 e. The zero-order valence-electron chi connectivity index (χ0n) is 13.1. The second kappa shape index (κ2) is 4.79. The van der Waals surface area contributed by atoms with Crippen LogP contribution in [0.15, 0.2) is 23.2 Å². The van der Waals surface area contributed by atoms with Crippen molar-refractivity contribution in [2.75, 3.05) is 6.26 Å². The second-order valence-corrected chi connectivity index (χ2v) is 9.02. The van der Waals surface area contributed by atoms with Gasteiger partial charge in [0.2, 0.25) is 0 Å². The van der Waals surface area contributed by atoms with Crippen LogP contribution in [0.3, 0.4) is 0 Å². The Morgan fingerprint density at radius 1 is 1.18 bits per heavy atom. The van der Waals surface area contributed by atoms with Crippen LogP contribution in [0.1, 0.15) is 48.9 Å². The largest absolute Gasteiger partial charge is 0.260 e. The average molecular weight is 315 g/mol. The third-order valence-electron chi connectivity index (χ3n) is 5.02. The minimum absolute atomic E-state index is 0.534. The summed E-state index contributed by atoms with van der Waals surface area (Å²) in [6, 6.07) is 4.19. The smallest absolute Gasteiger partial charge is 0.176 e. The van der Waals surface area contributed by atoms with E-state index in [4.69, 9.17) is 0 Å². The highest BCUT2D eigenvalue weighted by molar-refractivity contribution is 7.91. The van der Waals surface area contributed by atoms with Gasteiger partial charge < -0.3 is 0 Å². The van der Waals surface area contributed by atoms with Gasteiger partial charge in [-0.3, -0.25) is 4.98 Å². The van der Waals surface area contributed by atoms with E-state index >= 15 is 0 Å². The fourth-order valence-corrected chi connectivity index (χ4v) is 4.94. The normalized spacial score (nSPS) is 21.8. The zero-order valence-corrected chi connectivity index (χ0v) is 13.9. The summed E-state index contributed by atoms with van der Waals surface area (Å²) in [5.74, 6) is 1.09. The molecular formula is C18H21NO2S. The van der Waals surface area contributed by atoms with Gasteiger partial charge in [-0.15, -0.1) is 0 Å². The Morgan fingerprint density at radius 2 is 1.95 bits per heavy atom. The standard InChI is InChI=1S/C18H21NO2S/c1-11-3-4-13-8-14-10-19-17(12-5-6-12)9-16(14)18(15(13)7-11)22(2,20)21/h8-12H,3-7H2,1-2H3. The molecule has 2 aliphatic carbocycles. The number of aryl methyl sites for hydroxylation is 1. The van der Waals surface area contributed by atoms with Crippen molar-refractivity contribution >= 4 is 20.6 Å². The first kappa shape index (κ1) is 14.2. The second-order valence-electron chi connectivity index (χ2n) is 7.07. The molecule has 0 N–H and O–H groups in total. The van der Waals surface area contributed by atoms with Crippen LogP contribution in [-0.4, -0.2) is 19.7 Å². The molecule has 1 saturated carbocycles. The van der Waals surface area contributed by atoms with Crippen LogP contribution in [0.25, 0.3) is 10.8 Å². The van der Waals surface area contributed by atoms with E-state index in [1.807, 2.05) is 12.3 Å². The number of pyridine rings is 1. The molecule has 3 nitrogen and oxygen atoms in total. The van der Waals surface area contributed by atoms with Gasteiger partial charge in [0.25, 0.3) is 0 Å². The molecule has 1 aromatic carbocycles. The summed E-state index contributed by atoms with van der Waals surface area (Å²) < 4.78 is 25.0. The summed E-state index contributed by atoms with van der Waals surface area (Å²) in [7, 11) is -3.24. The molecule has 1 atom stereocenters. The summed E-state index contributed by atoms with van der Waals surface area (Å²) in [5.41, 5.74) is 3.31. The molecule has 0 spiro atoms. The highest BCUT2D eigenvalue weighted by Crippen LogP contribution is 2.42. The maximum Gasteiger partial charge on any atom is 0.176 e. The fourth-order valence-electron chi connectivity index (χ4n) is 3.70. The molecule has 0 bridgehead atoms. The van der Waals surface area contributed by atoms with Gasteiger partial charge in [0.1, 0.15) is 0 Å². The molecule has 1 fully saturated rings. The SMILES string of the molecule is CC1CCc2cc3cnc(C4CC4)cc3c(S(C)(=O)=O)c2C1. The van der Waals surface area contributed by atoms with Gasteiger partial charge in [0, 0.05) is 34.8 Å². The average Bonchev–Trinajstić information content (AvgIpc) is 3.27.